The summed E-state index contributed by atoms with van der Waals surface area (Å²) in [5.74, 6) is -0.962. The first kappa shape index (κ1) is 36.7. The Morgan fingerprint density at radius 3 is 1.45 bits per heavy atom. The number of carbonyl (C=O) groups is 2. The molecule has 0 spiro atoms. The van der Waals surface area contributed by atoms with Crippen LogP contribution in [0.25, 0.3) is 0 Å². The van der Waals surface area contributed by atoms with Crippen molar-refractivity contribution in [3.05, 3.63) is 12.2 Å². The standard InChI is InChI=1S/C34H64O4/c1-3-5-7-9-11-13-15-16-17-18-19-21-23-25-27-29-34(37)38-32(30-31-33(35)36)28-26-24-22-20-14-12-10-8-6-4-2/h16-17,32H,3-15,18-31H2,1-2H3,(H,35,36)/b17-16-. The molecule has 1 atom stereocenters. The molecule has 1 unspecified atom stereocenters. The molecule has 0 aliphatic rings. The highest BCUT2D eigenvalue weighted by molar-refractivity contribution is 5.69. The van der Waals surface area contributed by atoms with E-state index in [-0.39, 0.29) is 18.5 Å². The number of aliphatic carboxylic acids is 1. The lowest BCUT2D eigenvalue weighted by molar-refractivity contribution is -0.151. The third-order valence-corrected chi connectivity index (χ3v) is 7.50. The summed E-state index contributed by atoms with van der Waals surface area (Å²) in [7, 11) is 0. The highest BCUT2D eigenvalue weighted by atomic mass is 16.5. The number of unbranched alkanes of at least 4 members (excludes halogenated alkanes) is 20. The van der Waals surface area contributed by atoms with E-state index >= 15 is 0 Å². The summed E-state index contributed by atoms with van der Waals surface area (Å²) in [5, 5.41) is 9.05. The Labute approximate surface area is 236 Å². The summed E-state index contributed by atoms with van der Waals surface area (Å²) >= 11 is 0. The number of esters is 1. The lowest BCUT2D eigenvalue weighted by Gasteiger charge is -2.17. The van der Waals surface area contributed by atoms with Gasteiger partial charge in [0.15, 0.2) is 0 Å². The maximum Gasteiger partial charge on any atom is 0.306 e. The second-order valence-corrected chi connectivity index (χ2v) is 11.3. The zero-order valence-electron chi connectivity index (χ0n) is 25.5. The van der Waals surface area contributed by atoms with E-state index in [1.54, 1.807) is 0 Å². The molecule has 0 aliphatic heterocycles. The second-order valence-electron chi connectivity index (χ2n) is 11.3. The van der Waals surface area contributed by atoms with Gasteiger partial charge in [0.2, 0.25) is 0 Å². The zero-order chi connectivity index (χ0) is 27.9. The lowest BCUT2D eigenvalue weighted by atomic mass is 10.0. The van der Waals surface area contributed by atoms with Crippen molar-refractivity contribution in [2.75, 3.05) is 0 Å². The predicted molar refractivity (Wildman–Crippen MR) is 163 cm³/mol. The van der Waals surface area contributed by atoms with Crippen LogP contribution in [0, 0.1) is 0 Å². The van der Waals surface area contributed by atoms with Crippen LogP contribution >= 0.6 is 0 Å². The number of rotatable bonds is 30. The quantitative estimate of drug-likeness (QED) is 0.0563. The largest absolute Gasteiger partial charge is 0.481 e. The van der Waals surface area contributed by atoms with Crippen molar-refractivity contribution < 1.29 is 19.4 Å². The fraction of sp³-hybridized carbons (Fsp3) is 0.882. The van der Waals surface area contributed by atoms with Crippen molar-refractivity contribution in [2.24, 2.45) is 0 Å². The average molecular weight is 537 g/mol. The van der Waals surface area contributed by atoms with Crippen LogP contribution in [0.4, 0.5) is 0 Å². The van der Waals surface area contributed by atoms with Gasteiger partial charge < -0.3 is 9.84 Å². The van der Waals surface area contributed by atoms with Gasteiger partial charge in [0.05, 0.1) is 0 Å². The van der Waals surface area contributed by atoms with Crippen molar-refractivity contribution >= 4 is 11.9 Å². The van der Waals surface area contributed by atoms with E-state index in [4.69, 9.17) is 9.84 Å². The summed E-state index contributed by atoms with van der Waals surface area (Å²) in [6.45, 7) is 4.51. The van der Waals surface area contributed by atoms with E-state index in [0.29, 0.717) is 12.8 Å². The first-order valence-corrected chi connectivity index (χ1v) is 16.7. The third-order valence-electron chi connectivity index (χ3n) is 7.50. The Morgan fingerprint density at radius 2 is 0.974 bits per heavy atom. The Bertz CT molecular complexity index is 543. The minimum absolute atomic E-state index is 0.0725. The lowest BCUT2D eigenvalue weighted by Crippen LogP contribution is -2.19. The van der Waals surface area contributed by atoms with Gasteiger partial charge in [0, 0.05) is 12.8 Å². The van der Waals surface area contributed by atoms with Crippen LogP contribution in [0.3, 0.4) is 0 Å². The maximum atomic E-state index is 12.3. The molecule has 0 radical (unpaired) electrons. The van der Waals surface area contributed by atoms with Gasteiger partial charge in [-0.15, -0.1) is 0 Å². The normalized spacial score (nSPS) is 12.3. The van der Waals surface area contributed by atoms with E-state index in [2.05, 4.69) is 26.0 Å². The van der Waals surface area contributed by atoms with Gasteiger partial charge in [-0.25, -0.2) is 0 Å². The van der Waals surface area contributed by atoms with E-state index in [1.807, 2.05) is 0 Å². The summed E-state index contributed by atoms with van der Waals surface area (Å²) in [6, 6.07) is 0. The van der Waals surface area contributed by atoms with Crippen LogP contribution in [-0.4, -0.2) is 23.1 Å². The van der Waals surface area contributed by atoms with E-state index in [0.717, 1.165) is 32.1 Å². The van der Waals surface area contributed by atoms with Gasteiger partial charge >= 0.3 is 11.9 Å². The van der Waals surface area contributed by atoms with Gasteiger partial charge in [0.25, 0.3) is 0 Å². The maximum absolute atomic E-state index is 12.3. The number of carboxylic acid groups (broad SMARTS) is 1. The fourth-order valence-corrected chi connectivity index (χ4v) is 4.99. The average Bonchev–Trinajstić information content (AvgIpc) is 2.90. The number of carboxylic acids is 1. The van der Waals surface area contributed by atoms with Crippen LogP contribution in [-0.2, 0) is 14.3 Å². The number of hydrogen-bond acceptors (Lipinski definition) is 3. The van der Waals surface area contributed by atoms with Crippen LogP contribution in [0.2, 0.25) is 0 Å². The molecule has 0 aliphatic carbocycles. The van der Waals surface area contributed by atoms with Crippen molar-refractivity contribution in [2.45, 2.75) is 193 Å². The van der Waals surface area contributed by atoms with Crippen molar-refractivity contribution in [3.63, 3.8) is 0 Å². The molecule has 0 bridgehead atoms. The monoisotopic (exact) mass is 536 g/mol. The van der Waals surface area contributed by atoms with E-state index in [1.165, 1.54) is 122 Å². The Morgan fingerprint density at radius 1 is 0.553 bits per heavy atom. The molecule has 0 heterocycles. The number of carbonyl (C=O) groups excluding carboxylic acids is 1. The minimum atomic E-state index is -0.814. The Balaban J connectivity index is 3.77. The molecule has 0 fully saturated rings. The molecule has 38 heavy (non-hydrogen) atoms. The number of ether oxygens (including phenoxy) is 1. The van der Waals surface area contributed by atoms with E-state index < -0.39 is 5.97 Å². The molecular weight excluding hydrogens is 472 g/mol. The third kappa shape index (κ3) is 29.2. The topological polar surface area (TPSA) is 63.6 Å². The van der Waals surface area contributed by atoms with Crippen LogP contribution < -0.4 is 0 Å². The number of allylic oxidation sites excluding steroid dienone is 2. The number of hydrogen-bond donors (Lipinski definition) is 1. The summed E-state index contributed by atoms with van der Waals surface area (Å²) < 4.78 is 5.69. The SMILES string of the molecule is CCCCCCCC/C=C\CCCCCCCC(=O)OC(CCCCCCCCCCCC)CCC(=O)O. The first-order valence-electron chi connectivity index (χ1n) is 16.7. The van der Waals surface area contributed by atoms with Gasteiger partial charge in [-0.3, -0.25) is 9.59 Å². The molecule has 0 rings (SSSR count). The van der Waals surface area contributed by atoms with Gasteiger partial charge in [-0.05, 0) is 51.4 Å². The molecular formula is C34H64O4. The predicted octanol–water partition coefficient (Wildman–Crippen LogP) is 11.1. The highest BCUT2D eigenvalue weighted by Gasteiger charge is 2.15. The van der Waals surface area contributed by atoms with Crippen LogP contribution in [0.15, 0.2) is 12.2 Å². The zero-order valence-corrected chi connectivity index (χ0v) is 25.5. The smallest absolute Gasteiger partial charge is 0.306 e. The van der Waals surface area contributed by atoms with Crippen molar-refractivity contribution in [3.8, 4) is 0 Å². The van der Waals surface area contributed by atoms with Crippen LogP contribution in [0.1, 0.15) is 187 Å². The molecule has 0 aromatic heterocycles. The fourth-order valence-electron chi connectivity index (χ4n) is 4.99. The van der Waals surface area contributed by atoms with Crippen molar-refractivity contribution in [1.29, 1.82) is 0 Å². The molecule has 0 saturated heterocycles. The summed E-state index contributed by atoms with van der Waals surface area (Å²) in [6.07, 6.45) is 35.0. The molecule has 4 heteroatoms. The Hall–Kier alpha value is -1.32. The molecule has 4 nitrogen and oxygen atoms in total. The van der Waals surface area contributed by atoms with Gasteiger partial charge in [0.1, 0.15) is 6.10 Å². The summed E-state index contributed by atoms with van der Waals surface area (Å²) in [5.41, 5.74) is 0. The molecule has 0 amide bonds. The highest BCUT2D eigenvalue weighted by Crippen LogP contribution is 2.17. The molecule has 0 aromatic rings. The van der Waals surface area contributed by atoms with Gasteiger partial charge in [-0.2, -0.15) is 0 Å². The van der Waals surface area contributed by atoms with Crippen molar-refractivity contribution in [1.82, 2.24) is 0 Å². The second kappa shape index (κ2) is 30.2. The molecule has 0 saturated carbocycles. The molecule has 1 N–H and O–H groups in total. The minimum Gasteiger partial charge on any atom is -0.481 e. The van der Waals surface area contributed by atoms with Gasteiger partial charge in [-0.1, -0.05) is 135 Å². The first-order chi connectivity index (χ1) is 18.6. The molecule has 224 valence electrons. The Kier molecular flexibility index (Phi) is 29.2. The van der Waals surface area contributed by atoms with E-state index in [9.17, 15) is 9.59 Å². The molecule has 0 aromatic carbocycles. The summed E-state index contributed by atoms with van der Waals surface area (Å²) in [4.78, 5) is 23.4. The van der Waals surface area contributed by atoms with Crippen LogP contribution in [0.5, 0.6) is 0 Å².